The van der Waals surface area contributed by atoms with Crippen LogP contribution in [0.5, 0.6) is 0 Å². The third kappa shape index (κ3) is 4.51. The zero-order valence-corrected chi connectivity index (χ0v) is 14.5. The van der Waals surface area contributed by atoms with Gasteiger partial charge in [-0.2, -0.15) is 0 Å². The largest absolute Gasteiger partial charge is 0.394 e. The van der Waals surface area contributed by atoms with Crippen LogP contribution in [0.15, 0.2) is 24.3 Å². The van der Waals surface area contributed by atoms with E-state index in [0.29, 0.717) is 23.1 Å². The molecular weight excluding hydrogens is 344 g/mol. The van der Waals surface area contributed by atoms with Crippen molar-refractivity contribution in [3.8, 4) is 0 Å². The van der Waals surface area contributed by atoms with E-state index in [1.807, 2.05) is 31.2 Å². The molecule has 0 saturated carbocycles. The highest BCUT2D eigenvalue weighted by atomic mass is 32.1. The quantitative estimate of drug-likeness (QED) is 0.636. The predicted molar refractivity (Wildman–Crippen MR) is 92.3 cm³/mol. The molecule has 0 unspecified atom stereocenters. The molecule has 3 atom stereocenters. The molecule has 3 rings (SSSR count). The van der Waals surface area contributed by atoms with Crippen LogP contribution >= 0.6 is 11.3 Å². The smallest absolute Gasteiger partial charge is 0.321 e. The Kier molecular flexibility index (Phi) is 5.59. The maximum atomic E-state index is 11.9. The number of aryl methyl sites for hydroxylation is 1. The second kappa shape index (κ2) is 7.87. The van der Waals surface area contributed by atoms with Crippen molar-refractivity contribution in [3.05, 3.63) is 40.4 Å². The first-order chi connectivity index (χ1) is 12.0. The molecule has 0 aliphatic carbocycles. The molecule has 0 radical (unpaired) electrons. The number of hydrogen-bond donors (Lipinski definition) is 4. The molecule has 1 aromatic heterocycles. The number of ether oxygens (including phenoxy) is 1. The van der Waals surface area contributed by atoms with Crippen molar-refractivity contribution < 1.29 is 19.7 Å². The zero-order chi connectivity index (χ0) is 17.8. The van der Waals surface area contributed by atoms with Crippen molar-refractivity contribution in [2.24, 2.45) is 0 Å². The Labute approximate surface area is 148 Å². The standard InChI is InChI=1S/C16H20N4O4S/c1-9-2-4-10(5-3-9)7-17-15(23)18-16-20-19-14(25-16)12-6-11(22)13(8-21)24-12/h2-5,11-13,21-22H,6-8H2,1H3,(H2,17,18,20,23)/t11-,12+,13+/m0/s1. The molecule has 1 aromatic carbocycles. The van der Waals surface area contributed by atoms with Gasteiger partial charge in [0.1, 0.15) is 17.2 Å². The Morgan fingerprint density at radius 2 is 2.12 bits per heavy atom. The van der Waals surface area contributed by atoms with Crippen LogP contribution in [0.4, 0.5) is 9.93 Å². The monoisotopic (exact) mass is 364 g/mol. The third-order valence-electron chi connectivity index (χ3n) is 3.91. The van der Waals surface area contributed by atoms with E-state index < -0.39 is 18.3 Å². The summed E-state index contributed by atoms with van der Waals surface area (Å²) >= 11 is 1.18. The van der Waals surface area contributed by atoms with E-state index in [1.165, 1.54) is 11.3 Å². The van der Waals surface area contributed by atoms with Gasteiger partial charge in [0.2, 0.25) is 5.13 Å². The molecule has 0 bridgehead atoms. The molecule has 134 valence electrons. The lowest BCUT2D eigenvalue weighted by Gasteiger charge is -2.09. The summed E-state index contributed by atoms with van der Waals surface area (Å²) in [6, 6.07) is 7.52. The van der Waals surface area contributed by atoms with E-state index in [2.05, 4.69) is 20.8 Å². The first-order valence-electron chi connectivity index (χ1n) is 7.93. The summed E-state index contributed by atoms with van der Waals surface area (Å²) in [6.07, 6.45) is -1.41. The van der Waals surface area contributed by atoms with Crippen LogP contribution in [-0.4, -0.2) is 45.3 Å². The number of urea groups is 1. The van der Waals surface area contributed by atoms with Crippen LogP contribution in [0.25, 0.3) is 0 Å². The Bertz CT molecular complexity index is 721. The molecule has 0 spiro atoms. The van der Waals surface area contributed by atoms with Crippen LogP contribution in [0, 0.1) is 6.92 Å². The van der Waals surface area contributed by atoms with Crippen LogP contribution < -0.4 is 10.6 Å². The summed E-state index contributed by atoms with van der Waals surface area (Å²) in [5, 5.41) is 33.1. The van der Waals surface area contributed by atoms with Crippen molar-refractivity contribution in [1.82, 2.24) is 15.5 Å². The molecule has 2 heterocycles. The number of nitrogens with zero attached hydrogens (tertiary/aromatic N) is 2. The van der Waals surface area contributed by atoms with E-state index in [0.717, 1.165) is 11.1 Å². The minimum Gasteiger partial charge on any atom is -0.394 e. The lowest BCUT2D eigenvalue weighted by Crippen LogP contribution is -2.28. The molecule has 4 N–H and O–H groups in total. The summed E-state index contributed by atoms with van der Waals surface area (Å²) in [5.41, 5.74) is 2.17. The SMILES string of the molecule is Cc1ccc(CNC(=O)Nc2nnc([C@H]3C[C@H](O)[C@@H](CO)O3)s2)cc1. The summed E-state index contributed by atoms with van der Waals surface area (Å²) in [7, 11) is 0. The van der Waals surface area contributed by atoms with Gasteiger partial charge in [0.25, 0.3) is 0 Å². The average molecular weight is 364 g/mol. The van der Waals surface area contributed by atoms with Gasteiger partial charge in [0, 0.05) is 13.0 Å². The first-order valence-corrected chi connectivity index (χ1v) is 8.75. The van der Waals surface area contributed by atoms with Gasteiger partial charge in [-0.15, -0.1) is 10.2 Å². The van der Waals surface area contributed by atoms with Crippen molar-refractivity contribution in [2.75, 3.05) is 11.9 Å². The second-order valence-corrected chi connectivity index (χ2v) is 6.90. The van der Waals surface area contributed by atoms with Crippen LogP contribution in [0.1, 0.15) is 28.7 Å². The van der Waals surface area contributed by atoms with Gasteiger partial charge >= 0.3 is 6.03 Å². The highest BCUT2D eigenvalue weighted by Crippen LogP contribution is 2.35. The number of carbonyl (C=O) groups excluding carboxylic acids is 1. The minimum atomic E-state index is -0.729. The van der Waals surface area contributed by atoms with E-state index in [4.69, 9.17) is 9.84 Å². The fourth-order valence-corrected chi connectivity index (χ4v) is 3.29. The Morgan fingerprint density at radius 3 is 2.80 bits per heavy atom. The van der Waals surface area contributed by atoms with Gasteiger partial charge in [-0.05, 0) is 12.5 Å². The zero-order valence-electron chi connectivity index (χ0n) is 13.7. The molecule has 1 saturated heterocycles. The molecule has 1 fully saturated rings. The lowest BCUT2D eigenvalue weighted by molar-refractivity contribution is -0.0227. The number of aliphatic hydroxyl groups excluding tert-OH is 2. The van der Waals surface area contributed by atoms with Gasteiger partial charge < -0.3 is 20.3 Å². The summed E-state index contributed by atoms with van der Waals surface area (Å²) in [5.74, 6) is 0. The number of carbonyl (C=O) groups is 1. The molecule has 2 aromatic rings. The van der Waals surface area contributed by atoms with Gasteiger partial charge in [-0.1, -0.05) is 41.2 Å². The number of aliphatic hydroxyl groups is 2. The highest BCUT2D eigenvalue weighted by molar-refractivity contribution is 7.15. The fourth-order valence-electron chi connectivity index (χ4n) is 2.50. The molecule has 25 heavy (non-hydrogen) atoms. The molecule has 8 nitrogen and oxygen atoms in total. The molecule has 1 aliphatic heterocycles. The van der Waals surface area contributed by atoms with E-state index in [9.17, 15) is 9.90 Å². The number of amides is 2. The van der Waals surface area contributed by atoms with E-state index in [-0.39, 0.29) is 12.6 Å². The second-order valence-electron chi connectivity index (χ2n) is 5.89. The minimum absolute atomic E-state index is 0.247. The van der Waals surface area contributed by atoms with Gasteiger partial charge in [0.15, 0.2) is 0 Å². The van der Waals surface area contributed by atoms with Crippen LogP contribution in [0.2, 0.25) is 0 Å². The van der Waals surface area contributed by atoms with Crippen molar-refractivity contribution in [3.63, 3.8) is 0 Å². The van der Waals surface area contributed by atoms with Crippen LogP contribution in [0.3, 0.4) is 0 Å². The number of aromatic nitrogens is 2. The Morgan fingerprint density at radius 1 is 1.36 bits per heavy atom. The Balaban J connectivity index is 1.51. The number of hydrogen-bond acceptors (Lipinski definition) is 7. The normalized spacial score (nSPS) is 22.8. The van der Waals surface area contributed by atoms with Crippen molar-refractivity contribution in [1.29, 1.82) is 0 Å². The first kappa shape index (κ1) is 17.7. The van der Waals surface area contributed by atoms with Crippen molar-refractivity contribution in [2.45, 2.75) is 38.2 Å². The summed E-state index contributed by atoms with van der Waals surface area (Å²) in [6.45, 7) is 2.17. The number of benzene rings is 1. The number of nitrogens with one attached hydrogen (secondary N) is 2. The van der Waals surface area contributed by atoms with Gasteiger partial charge in [-0.25, -0.2) is 4.79 Å². The highest BCUT2D eigenvalue weighted by Gasteiger charge is 2.36. The maximum Gasteiger partial charge on any atom is 0.321 e. The number of rotatable bonds is 5. The van der Waals surface area contributed by atoms with Gasteiger partial charge in [-0.3, -0.25) is 5.32 Å². The number of anilines is 1. The van der Waals surface area contributed by atoms with E-state index in [1.54, 1.807) is 0 Å². The van der Waals surface area contributed by atoms with Crippen LogP contribution in [-0.2, 0) is 11.3 Å². The summed E-state index contributed by atoms with van der Waals surface area (Å²) in [4.78, 5) is 11.9. The maximum absolute atomic E-state index is 11.9. The molecule has 9 heteroatoms. The Hall–Kier alpha value is -2.07. The fraction of sp³-hybridized carbons (Fsp3) is 0.438. The molecule has 1 aliphatic rings. The molecular formula is C16H20N4O4S. The topological polar surface area (TPSA) is 117 Å². The van der Waals surface area contributed by atoms with E-state index >= 15 is 0 Å². The summed E-state index contributed by atoms with van der Waals surface area (Å²) < 4.78 is 5.52. The lowest BCUT2D eigenvalue weighted by atomic mass is 10.1. The van der Waals surface area contributed by atoms with Gasteiger partial charge in [0.05, 0.1) is 12.7 Å². The third-order valence-corrected chi connectivity index (χ3v) is 4.84. The van der Waals surface area contributed by atoms with Crippen molar-refractivity contribution >= 4 is 22.5 Å². The molecule has 2 amide bonds. The average Bonchev–Trinajstić information content (AvgIpc) is 3.20. The predicted octanol–water partition coefficient (Wildman–Crippen LogP) is 1.35.